The Hall–Kier alpha value is -0.0151. The van der Waals surface area contributed by atoms with Crippen molar-refractivity contribution in [2.24, 2.45) is 0 Å². The van der Waals surface area contributed by atoms with Crippen molar-refractivity contribution in [3.63, 3.8) is 0 Å². The highest BCUT2D eigenvalue weighted by Crippen LogP contribution is 1.98. The summed E-state index contributed by atoms with van der Waals surface area (Å²) in [5.41, 5.74) is 0. The van der Waals surface area contributed by atoms with Gasteiger partial charge < -0.3 is 9.47 Å². The van der Waals surface area contributed by atoms with E-state index in [-0.39, 0.29) is 6.29 Å². The molecule has 0 aromatic carbocycles. The molecular weight excluding hydrogens is 103 g/mol. The lowest BCUT2D eigenvalue weighted by molar-refractivity contribution is -0.103. The van der Waals surface area contributed by atoms with E-state index in [4.69, 9.17) is 9.47 Å². The Morgan fingerprint density at radius 3 is 2.00 bits per heavy atom. The van der Waals surface area contributed by atoms with Crippen molar-refractivity contribution in [2.45, 2.75) is 19.0 Å². The van der Waals surface area contributed by atoms with Crippen LogP contribution in [0.3, 0.4) is 0 Å². The molecule has 8 heavy (non-hydrogen) atoms. The zero-order valence-corrected chi connectivity index (χ0v) is 5.81. The molecule has 0 heterocycles. The zero-order valence-electron chi connectivity index (χ0n) is 5.81. The molecule has 0 aromatic heterocycles. The normalized spacial score (nSPS) is 10.4. The Bertz CT molecular complexity index is 45.7. The summed E-state index contributed by atoms with van der Waals surface area (Å²) in [5, 5.41) is 0. The van der Waals surface area contributed by atoms with Gasteiger partial charge in [-0.05, 0) is 6.42 Å². The Balaban J connectivity index is 3.07. The van der Waals surface area contributed by atoms with Gasteiger partial charge in [-0.25, -0.2) is 0 Å². The molecule has 0 aromatic rings. The first-order chi connectivity index (χ1) is 3.85. The fourth-order valence-electron chi connectivity index (χ4n) is 0.568. The zero-order chi connectivity index (χ0) is 6.41. The van der Waals surface area contributed by atoms with Gasteiger partial charge in [0.05, 0.1) is 0 Å². The Morgan fingerprint density at radius 1 is 1.38 bits per heavy atom. The van der Waals surface area contributed by atoms with E-state index >= 15 is 0 Å². The van der Waals surface area contributed by atoms with E-state index in [9.17, 15) is 0 Å². The van der Waals surface area contributed by atoms with Gasteiger partial charge in [-0.1, -0.05) is 6.32 Å². The molecule has 0 rings (SSSR count). The molecule has 0 fully saturated rings. The van der Waals surface area contributed by atoms with Crippen LogP contribution in [0, 0.1) is 0 Å². The van der Waals surface area contributed by atoms with Crippen LogP contribution in [0.2, 0.25) is 6.32 Å². The standard InChI is InChI=1S/C5H13BO2/c1-7-5(8-2)3-4-6/h5H,3-4,6H2,1-2H3. The van der Waals surface area contributed by atoms with Crippen LogP contribution >= 0.6 is 0 Å². The van der Waals surface area contributed by atoms with E-state index in [0.717, 1.165) is 12.7 Å². The van der Waals surface area contributed by atoms with Gasteiger partial charge in [-0.3, -0.25) is 0 Å². The lowest BCUT2D eigenvalue weighted by atomic mass is 10.0. The van der Waals surface area contributed by atoms with Crippen molar-refractivity contribution < 1.29 is 9.47 Å². The molecule has 3 heteroatoms. The van der Waals surface area contributed by atoms with Crippen molar-refractivity contribution in [3.05, 3.63) is 0 Å². The molecule has 0 spiro atoms. The number of methoxy groups -OCH3 is 2. The minimum absolute atomic E-state index is 0.000000000000000444. The first-order valence-electron chi connectivity index (χ1n) is 2.90. The SMILES string of the molecule is BCCC(OC)OC. The summed E-state index contributed by atoms with van der Waals surface area (Å²) in [5.74, 6) is 0. The van der Waals surface area contributed by atoms with E-state index in [1.807, 2.05) is 0 Å². The van der Waals surface area contributed by atoms with E-state index in [1.165, 1.54) is 0 Å². The molecule has 0 atom stereocenters. The summed E-state index contributed by atoms with van der Waals surface area (Å²) in [7, 11) is 5.42. The molecule has 0 aliphatic carbocycles. The monoisotopic (exact) mass is 116 g/mol. The Morgan fingerprint density at radius 2 is 1.88 bits per heavy atom. The highest BCUT2D eigenvalue weighted by Gasteiger charge is 1.99. The number of rotatable bonds is 4. The fourth-order valence-corrected chi connectivity index (χ4v) is 0.568. The molecule has 0 radical (unpaired) electrons. The van der Waals surface area contributed by atoms with Crippen LogP contribution in [0.25, 0.3) is 0 Å². The van der Waals surface area contributed by atoms with E-state index in [2.05, 4.69) is 7.85 Å². The molecular formula is C5H13BO2. The quantitative estimate of drug-likeness (QED) is 0.381. The van der Waals surface area contributed by atoms with Crippen molar-refractivity contribution in [2.75, 3.05) is 14.2 Å². The van der Waals surface area contributed by atoms with Crippen LogP contribution in [0.4, 0.5) is 0 Å². The van der Waals surface area contributed by atoms with Crippen LogP contribution in [0.5, 0.6) is 0 Å². The molecule has 0 aliphatic rings. The summed E-state index contributed by atoms with van der Waals surface area (Å²) < 4.78 is 9.84. The second-order valence-corrected chi connectivity index (χ2v) is 1.69. The Kier molecular flexibility index (Phi) is 5.12. The molecule has 0 saturated carbocycles. The highest BCUT2D eigenvalue weighted by atomic mass is 16.7. The minimum atomic E-state index is -0.000000000000000444. The third kappa shape index (κ3) is 3.05. The van der Waals surface area contributed by atoms with E-state index in [1.54, 1.807) is 14.2 Å². The lowest BCUT2D eigenvalue weighted by Gasteiger charge is -2.10. The van der Waals surface area contributed by atoms with Crippen molar-refractivity contribution in [1.82, 2.24) is 0 Å². The minimum Gasteiger partial charge on any atom is -0.356 e. The van der Waals surface area contributed by atoms with Gasteiger partial charge in [0.1, 0.15) is 7.85 Å². The average molecular weight is 116 g/mol. The van der Waals surface area contributed by atoms with Crippen LogP contribution in [-0.4, -0.2) is 28.4 Å². The maximum Gasteiger partial charge on any atom is 0.156 e. The molecule has 0 aliphatic heterocycles. The molecule has 0 N–H and O–H groups in total. The van der Waals surface area contributed by atoms with Gasteiger partial charge in [0.15, 0.2) is 6.29 Å². The summed E-state index contributed by atoms with van der Waals surface area (Å²) in [6.07, 6.45) is 2.08. The lowest BCUT2D eigenvalue weighted by Crippen LogP contribution is -2.11. The van der Waals surface area contributed by atoms with Gasteiger partial charge >= 0.3 is 0 Å². The second kappa shape index (κ2) is 5.13. The van der Waals surface area contributed by atoms with Crippen molar-refractivity contribution in [1.29, 1.82) is 0 Å². The van der Waals surface area contributed by atoms with E-state index in [0.29, 0.717) is 0 Å². The number of hydrogen-bond acceptors (Lipinski definition) is 2. The van der Waals surface area contributed by atoms with Gasteiger partial charge in [0, 0.05) is 14.2 Å². The van der Waals surface area contributed by atoms with Crippen molar-refractivity contribution >= 4 is 7.85 Å². The number of hydrogen-bond donors (Lipinski definition) is 0. The second-order valence-electron chi connectivity index (χ2n) is 1.69. The third-order valence-corrected chi connectivity index (χ3v) is 1.05. The first-order valence-corrected chi connectivity index (χ1v) is 2.90. The molecule has 0 amide bonds. The van der Waals surface area contributed by atoms with Crippen LogP contribution < -0.4 is 0 Å². The largest absolute Gasteiger partial charge is 0.356 e. The summed E-state index contributed by atoms with van der Waals surface area (Å²) >= 11 is 0. The Labute approximate surface area is 51.6 Å². The highest BCUT2D eigenvalue weighted by molar-refractivity contribution is 6.08. The topological polar surface area (TPSA) is 18.5 Å². The average Bonchev–Trinajstić information content (AvgIpc) is 1.83. The molecule has 2 nitrogen and oxygen atoms in total. The van der Waals surface area contributed by atoms with Gasteiger partial charge in [0.25, 0.3) is 0 Å². The third-order valence-electron chi connectivity index (χ3n) is 1.05. The predicted octanol–water partition coefficient (Wildman–Crippen LogP) is 0.0468. The summed E-state index contributed by atoms with van der Waals surface area (Å²) in [6.45, 7) is 0. The molecule has 0 saturated heterocycles. The van der Waals surface area contributed by atoms with Crippen LogP contribution in [-0.2, 0) is 9.47 Å². The molecule has 0 unspecified atom stereocenters. The summed E-state index contributed by atoms with van der Waals surface area (Å²) in [6, 6.07) is 0. The first kappa shape index (κ1) is 7.98. The van der Waals surface area contributed by atoms with Gasteiger partial charge in [-0.2, -0.15) is 0 Å². The van der Waals surface area contributed by atoms with Gasteiger partial charge in [-0.15, -0.1) is 0 Å². The summed E-state index contributed by atoms with van der Waals surface area (Å²) in [4.78, 5) is 0. The van der Waals surface area contributed by atoms with E-state index < -0.39 is 0 Å². The maximum atomic E-state index is 4.92. The van der Waals surface area contributed by atoms with Crippen LogP contribution in [0.1, 0.15) is 6.42 Å². The smallest absolute Gasteiger partial charge is 0.156 e. The molecule has 48 valence electrons. The van der Waals surface area contributed by atoms with Gasteiger partial charge in [0.2, 0.25) is 0 Å². The number of ether oxygens (including phenoxy) is 2. The molecule has 0 bridgehead atoms. The maximum absolute atomic E-state index is 4.92. The van der Waals surface area contributed by atoms with Crippen molar-refractivity contribution in [3.8, 4) is 0 Å². The fraction of sp³-hybridized carbons (Fsp3) is 1.00. The predicted molar refractivity (Wildman–Crippen MR) is 35.8 cm³/mol. The van der Waals surface area contributed by atoms with Crippen LogP contribution in [0.15, 0.2) is 0 Å².